The highest BCUT2D eigenvalue weighted by Crippen LogP contribution is 2.52. The monoisotopic (exact) mass is 1260 g/mol. The fraction of sp³-hybridized carbons (Fsp3) is 0.600. The second kappa shape index (κ2) is 36.6. The number of hydrogen-bond donors (Lipinski definition) is 5. The van der Waals surface area contributed by atoms with Crippen LogP contribution in [0.2, 0.25) is 35.5 Å². The molecule has 21 heteroatoms. The molecule has 0 unspecified atom stereocenters. The van der Waals surface area contributed by atoms with Gasteiger partial charge in [0.25, 0.3) is 0 Å². The van der Waals surface area contributed by atoms with E-state index in [2.05, 4.69) is 43.4 Å². The number of carbonyl (C=O) groups is 6. The zero-order valence-corrected chi connectivity index (χ0v) is 55.8. The van der Waals surface area contributed by atoms with E-state index in [0.29, 0.717) is 77.6 Å². The molecule has 86 heavy (non-hydrogen) atoms. The van der Waals surface area contributed by atoms with E-state index < -0.39 is 45.2 Å². The van der Waals surface area contributed by atoms with E-state index >= 15 is 0 Å². The second-order valence-electron chi connectivity index (χ2n) is 24.0. The molecule has 3 saturated carbocycles. The van der Waals surface area contributed by atoms with Crippen LogP contribution in [0.5, 0.6) is 17.2 Å². The lowest BCUT2D eigenvalue weighted by Crippen LogP contribution is -2.53. The van der Waals surface area contributed by atoms with Gasteiger partial charge in [-0.25, -0.2) is 0 Å². The number of terminal acetylenes is 1. The van der Waals surface area contributed by atoms with Crippen molar-refractivity contribution in [2.45, 2.75) is 185 Å². The van der Waals surface area contributed by atoms with Crippen molar-refractivity contribution < 1.29 is 62.7 Å². The number of carboxylic acids is 2. The Hall–Kier alpha value is -5.60. The van der Waals surface area contributed by atoms with Crippen LogP contribution in [0.3, 0.4) is 0 Å². The molecule has 479 valence electrons. The number of ether oxygens (including phenoxy) is 5. The summed E-state index contributed by atoms with van der Waals surface area (Å²) in [6, 6.07) is 16.3. The summed E-state index contributed by atoms with van der Waals surface area (Å²) in [7, 11) is 4.66. The van der Waals surface area contributed by atoms with E-state index in [0.717, 1.165) is 49.1 Å². The normalized spacial score (nSPS) is 15.1. The van der Waals surface area contributed by atoms with Crippen molar-refractivity contribution in [3.8, 4) is 29.6 Å². The molecule has 3 aromatic carbocycles. The Bertz CT molecular complexity index is 2720. The molecule has 0 aromatic heterocycles. The molecule has 3 aromatic rings. The highest BCUT2D eigenvalue weighted by Gasteiger charge is 2.61. The molecule has 0 bridgehead atoms. The van der Waals surface area contributed by atoms with Crippen molar-refractivity contribution in [2.24, 2.45) is 39.7 Å². The first-order valence-corrected chi connectivity index (χ1v) is 29.6. The first-order valence-electron chi connectivity index (χ1n) is 28.5. The lowest BCUT2D eigenvalue weighted by molar-refractivity contribution is -0.157. The van der Waals surface area contributed by atoms with Gasteiger partial charge in [0.15, 0.2) is 0 Å². The number of benzene rings is 3. The highest BCUT2D eigenvalue weighted by molar-refractivity contribution is 6.54. The number of amides is 2. The molecule has 16 nitrogen and oxygen atoms in total. The summed E-state index contributed by atoms with van der Waals surface area (Å²) >= 11 is 18.2. The number of rotatable bonds is 22. The Morgan fingerprint density at radius 3 is 1.12 bits per heavy atom. The Balaban J connectivity index is 0. The Labute approximate surface area is 531 Å². The van der Waals surface area contributed by atoms with Gasteiger partial charge < -0.3 is 50.3 Å². The van der Waals surface area contributed by atoms with Crippen LogP contribution in [-0.4, -0.2) is 112 Å². The highest BCUT2D eigenvalue weighted by atomic mass is 35.5. The number of nitrogens with two attached hydrogens (primary N) is 1. The maximum atomic E-state index is 12.7. The quantitative estimate of drug-likeness (QED) is 0.0357. The molecule has 3 fully saturated rings. The average molecular weight is 1260 g/mol. The van der Waals surface area contributed by atoms with Gasteiger partial charge in [0.1, 0.15) is 24.0 Å². The molecular weight excluding hydrogens is 1160 g/mol. The van der Waals surface area contributed by atoms with E-state index in [1.807, 2.05) is 72.7 Å². The summed E-state index contributed by atoms with van der Waals surface area (Å²) in [5.74, 6) is 0.789. The Kier molecular flexibility index (Phi) is 35.1. The first kappa shape index (κ1) is 82.5. The van der Waals surface area contributed by atoms with E-state index in [1.165, 1.54) is 0 Å². The summed E-state index contributed by atoms with van der Waals surface area (Å²) in [6.07, 6.45) is 11.0. The van der Waals surface area contributed by atoms with Gasteiger partial charge in [-0.3, -0.25) is 28.8 Å². The van der Waals surface area contributed by atoms with Gasteiger partial charge in [-0.1, -0.05) is 102 Å². The summed E-state index contributed by atoms with van der Waals surface area (Å²) in [5.41, 5.74) is 5.05. The zero-order chi connectivity index (χ0) is 64.8. The standard InChI is InChI=1S/C20H28ClNO4.C18H24ClNO4.C11H13ClO3.C9H17NO2.C3H9B.C3H4.CH4.B/c1-6-26-18(24)19(3,4)20(9-10-20)22-17(23)13(2)11-14-7-8-16(25-5)15(21)12-14;1-11(9-12-5-6-14(24-4)13(19)10-12)15(21)20-18(7-8-18)17(2,3)16(22)23;1-7(11(13)14)5-8-3-4-10(15-2)9(12)6-8;1-4-12-7(11)8(2,3)9(10)5-6-9;1-4(2)3;1-3-2;;/h7-8,12-13H,6,9-11H2,1-5H3,(H,22,23);5-6,10-11H,7-9H2,1-4H3,(H,20,21)(H,22,23);3-4,6-7H,5H2,1-2H3,(H,13,14);4-6,10H2,1-3H3;1-3H3;1H,2H3;1H4;/t13-;11-;7-;;;;;/m111...../s1. The van der Waals surface area contributed by atoms with Crippen molar-refractivity contribution in [2.75, 3.05) is 34.5 Å². The minimum Gasteiger partial charge on any atom is -0.495 e. The number of hydrogen-bond acceptors (Lipinski definition) is 12. The predicted octanol–water partition coefficient (Wildman–Crippen LogP) is 13.0. The maximum absolute atomic E-state index is 12.7. The molecular formula is C65H99B2Cl3N3O13. The molecule has 0 aliphatic heterocycles. The van der Waals surface area contributed by atoms with Crippen LogP contribution < -0.4 is 30.6 Å². The molecule has 2 amide bonds. The van der Waals surface area contributed by atoms with Gasteiger partial charge in [0.05, 0.1) is 82.9 Å². The fourth-order valence-corrected chi connectivity index (χ4v) is 9.45. The first-order chi connectivity index (χ1) is 38.9. The summed E-state index contributed by atoms with van der Waals surface area (Å²) in [4.78, 5) is 71.1. The van der Waals surface area contributed by atoms with Gasteiger partial charge in [-0.05, 0) is 173 Å². The summed E-state index contributed by atoms with van der Waals surface area (Å²) in [5, 5.41) is 25.8. The van der Waals surface area contributed by atoms with Crippen LogP contribution in [-0.2, 0) is 57.5 Å². The molecule has 6 N–H and O–H groups in total. The van der Waals surface area contributed by atoms with Gasteiger partial charge in [0, 0.05) is 25.8 Å². The number of carbonyl (C=O) groups excluding carboxylic acids is 4. The minimum absolute atomic E-state index is 0. The number of esters is 2. The third kappa shape index (κ3) is 24.2. The number of halogens is 3. The van der Waals surface area contributed by atoms with Gasteiger partial charge in [-0.2, -0.15) is 0 Å². The molecule has 0 spiro atoms. The van der Waals surface area contributed by atoms with E-state index in [4.69, 9.17) is 69.3 Å². The fourth-order valence-electron chi connectivity index (χ4n) is 8.61. The van der Waals surface area contributed by atoms with Crippen LogP contribution in [0.1, 0.15) is 146 Å². The zero-order valence-electron chi connectivity index (χ0n) is 53.5. The predicted molar refractivity (Wildman–Crippen MR) is 349 cm³/mol. The molecule has 0 saturated heterocycles. The molecule has 3 aliphatic rings. The van der Waals surface area contributed by atoms with E-state index in [-0.39, 0.29) is 57.0 Å². The van der Waals surface area contributed by atoms with Crippen molar-refractivity contribution in [3.63, 3.8) is 0 Å². The summed E-state index contributed by atoms with van der Waals surface area (Å²) < 4.78 is 25.4. The molecule has 6 rings (SSSR count). The lowest BCUT2D eigenvalue weighted by atomic mass is 9.58. The third-order valence-corrected chi connectivity index (χ3v) is 16.2. The Morgan fingerprint density at radius 2 is 0.884 bits per heavy atom. The van der Waals surface area contributed by atoms with Crippen molar-refractivity contribution in [1.82, 2.24) is 10.6 Å². The second-order valence-corrected chi connectivity index (χ2v) is 25.2. The molecule has 0 heterocycles. The van der Waals surface area contributed by atoms with Gasteiger partial charge >= 0.3 is 23.9 Å². The Morgan fingerprint density at radius 1 is 0.605 bits per heavy atom. The smallest absolute Gasteiger partial charge is 0.313 e. The molecule has 3 aliphatic carbocycles. The SMILES string of the molecule is C.C#CC.CB(C)C.CCOC(=O)C(C)(C)C1(N)CC1.CCOC(=O)C(C)(C)C1(NC(=O)[C@H](C)Cc2ccc(OC)c(Cl)c2)CC1.COc1ccc(C[C@@H](C)C(=O)NC2(C(C)(C)C(=O)O)CC2)cc1Cl.COc1ccc(C[C@@H](C)C(=O)O)cc1Cl.[B]. The average Bonchev–Trinajstić information content (AvgIpc) is 1.82. The lowest BCUT2D eigenvalue weighted by Gasteiger charge is -2.34. The van der Waals surface area contributed by atoms with Crippen LogP contribution in [0.15, 0.2) is 54.6 Å². The van der Waals surface area contributed by atoms with E-state index in [9.17, 15) is 33.9 Å². The topological polar surface area (TPSA) is 239 Å². The minimum atomic E-state index is -0.980. The summed E-state index contributed by atoms with van der Waals surface area (Å²) in [6.45, 7) is 29.4. The number of carboxylic acid groups (broad SMARTS) is 2. The largest absolute Gasteiger partial charge is 0.495 e. The van der Waals surface area contributed by atoms with E-state index in [1.54, 1.807) is 86.3 Å². The number of aliphatic carboxylic acids is 2. The van der Waals surface area contributed by atoms with Crippen molar-refractivity contribution in [3.05, 3.63) is 86.4 Å². The maximum Gasteiger partial charge on any atom is 0.313 e. The van der Waals surface area contributed by atoms with Gasteiger partial charge in [0.2, 0.25) is 11.8 Å². The number of nitrogens with one attached hydrogen (secondary N) is 2. The van der Waals surface area contributed by atoms with Gasteiger partial charge in [-0.15, -0.1) is 12.3 Å². The van der Waals surface area contributed by atoms with Crippen molar-refractivity contribution >= 4 is 85.6 Å². The number of methoxy groups -OCH3 is 3. The molecule has 3 atom stereocenters. The molecule has 3 radical (unpaired) electrons. The third-order valence-electron chi connectivity index (χ3n) is 15.3. The van der Waals surface area contributed by atoms with Crippen LogP contribution in [0.25, 0.3) is 0 Å². The van der Waals surface area contributed by atoms with Crippen molar-refractivity contribution in [1.29, 1.82) is 0 Å². The van der Waals surface area contributed by atoms with Crippen LogP contribution in [0, 0.1) is 46.3 Å². The van der Waals surface area contributed by atoms with Crippen LogP contribution >= 0.6 is 34.8 Å². The van der Waals surface area contributed by atoms with Crippen LogP contribution in [0.4, 0.5) is 0 Å².